The number of alkyl halides is 6. The van der Waals surface area contributed by atoms with Crippen molar-refractivity contribution >= 4 is 23.6 Å². The lowest BCUT2D eigenvalue weighted by molar-refractivity contribution is -0.143. The van der Waals surface area contributed by atoms with Gasteiger partial charge in [-0.1, -0.05) is 72.3 Å². The van der Waals surface area contributed by atoms with Gasteiger partial charge in [-0.2, -0.15) is 26.3 Å². The first-order valence-electron chi connectivity index (χ1n) is 17.0. The molecule has 6 nitrogen and oxygen atoms in total. The fourth-order valence-corrected chi connectivity index (χ4v) is 7.91. The van der Waals surface area contributed by atoms with E-state index in [0.29, 0.717) is 49.8 Å². The molecule has 0 spiro atoms. The van der Waals surface area contributed by atoms with Crippen LogP contribution in [-0.2, 0) is 17.1 Å². The van der Waals surface area contributed by atoms with Gasteiger partial charge < -0.3 is 14.5 Å². The molecule has 0 unspecified atom stereocenters. The molecule has 0 aromatic heterocycles. The van der Waals surface area contributed by atoms with Crippen LogP contribution in [0.15, 0.2) is 91.0 Å². The molecule has 3 aliphatic rings. The molecule has 2 saturated heterocycles. The number of hydrogen-bond acceptors (Lipinski definition) is 4. The van der Waals surface area contributed by atoms with Crippen molar-refractivity contribution in [1.82, 2.24) is 14.7 Å². The van der Waals surface area contributed by atoms with E-state index in [1.165, 1.54) is 4.90 Å². The number of carbonyl (C=O) groups is 2. The second kappa shape index (κ2) is 14.1. The van der Waals surface area contributed by atoms with Crippen LogP contribution in [0.1, 0.15) is 56.4 Å². The number of piperidine rings is 1. The predicted molar refractivity (Wildman–Crippen MR) is 183 cm³/mol. The van der Waals surface area contributed by atoms with Gasteiger partial charge in [-0.05, 0) is 64.6 Å². The van der Waals surface area contributed by atoms with Gasteiger partial charge in [0.15, 0.2) is 0 Å². The highest BCUT2D eigenvalue weighted by Crippen LogP contribution is 2.45. The Morgan fingerprint density at radius 1 is 0.712 bits per heavy atom. The number of halogens is 7. The number of rotatable bonds is 5. The molecule has 2 aliphatic heterocycles. The molecule has 0 saturated carbocycles. The summed E-state index contributed by atoms with van der Waals surface area (Å²) in [4.78, 5) is 32.1. The largest absolute Gasteiger partial charge is 0.448 e. The van der Waals surface area contributed by atoms with Gasteiger partial charge in [0.1, 0.15) is 6.61 Å². The molecule has 1 aliphatic carbocycles. The lowest BCUT2D eigenvalue weighted by Gasteiger charge is -2.46. The predicted octanol–water partition coefficient (Wildman–Crippen LogP) is 8.94. The Labute approximate surface area is 301 Å². The van der Waals surface area contributed by atoms with Gasteiger partial charge in [0.25, 0.3) is 5.91 Å². The maximum Gasteiger partial charge on any atom is 0.416 e. The summed E-state index contributed by atoms with van der Waals surface area (Å²) in [6.07, 6.45) is -10.1. The minimum atomic E-state index is -5.07. The van der Waals surface area contributed by atoms with Gasteiger partial charge in [-0.25, -0.2) is 4.79 Å². The molecule has 0 bridgehead atoms. The van der Waals surface area contributed by atoms with E-state index in [9.17, 15) is 35.9 Å². The van der Waals surface area contributed by atoms with E-state index < -0.39 is 41.0 Å². The first kappa shape index (κ1) is 35.8. The number of likely N-dealkylation sites (tertiary alicyclic amines) is 1. The third-order valence-electron chi connectivity index (χ3n) is 10.4. The number of ether oxygens (including phenoxy) is 1. The Kier molecular flexibility index (Phi) is 9.73. The van der Waals surface area contributed by atoms with Crippen molar-refractivity contribution < 1.29 is 40.7 Å². The van der Waals surface area contributed by atoms with E-state index in [1.54, 1.807) is 17.0 Å². The van der Waals surface area contributed by atoms with Gasteiger partial charge in [-0.3, -0.25) is 9.69 Å². The number of benzene rings is 4. The Morgan fingerprint density at radius 3 is 1.83 bits per heavy atom. The molecule has 2 amide bonds. The maximum absolute atomic E-state index is 13.6. The van der Waals surface area contributed by atoms with E-state index in [-0.39, 0.29) is 43.6 Å². The van der Waals surface area contributed by atoms with Crippen molar-refractivity contribution in [1.29, 1.82) is 0 Å². The number of amides is 2. The van der Waals surface area contributed by atoms with Gasteiger partial charge in [0, 0.05) is 67.7 Å². The third kappa shape index (κ3) is 7.23. The molecule has 2 fully saturated rings. The molecule has 272 valence electrons. The van der Waals surface area contributed by atoms with Crippen LogP contribution in [0.25, 0.3) is 11.1 Å². The smallest absolute Gasteiger partial charge is 0.416 e. The molecule has 2 heterocycles. The average Bonchev–Trinajstić information content (AvgIpc) is 3.46. The van der Waals surface area contributed by atoms with Crippen LogP contribution in [0, 0.1) is 0 Å². The zero-order valence-electron chi connectivity index (χ0n) is 27.8. The first-order valence-corrected chi connectivity index (χ1v) is 17.3. The fourth-order valence-electron chi connectivity index (χ4n) is 7.78. The molecule has 0 radical (unpaired) electrons. The van der Waals surface area contributed by atoms with Crippen LogP contribution in [-0.4, -0.2) is 78.6 Å². The fraction of sp³-hybridized carbons (Fsp3) is 0.333. The summed E-state index contributed by atoms with van der Waals surface area (Å²) in [7, 11) is 0. The number of nitrogens with zero attached hydrogens (tertiary/aromatic N) is 3. The van der Waals surface area contributed by atoms with Crippen LogP contribution in [0.3, 0.4) is 0 Å². The van der Waals surface area contributed by atoms with Crippen LogP contribution in [0.2, 0.25) is 5.02 Å². The molecule has 7 rings (SSSR count). The highest BCUT2D eigenvalue weighted by molar-refractivity contribution is 6.30. The summed E-state index contributed by atoms with van der Waals surface area (Å²) >= 11 is 6.15. The van der Waals surface area contributed by atoms with E-state index in [0.717, 1.165) is 27.8 Å². The van der Waals surface area contributed by atoms with Crippen molar-refractivity contribution in [3.05, 3.63) is 129 Å². The van der Waals surface area contributed by atoms with Gasteiger partial charge in [0.05, 0.1) is 11.1 Å². The molecule has 13 heteroatoms. The summed E-state index contributed by atoms with van der Waals surface area (Å²) < 4.78 is 87.3. The SMILES string of the molecule is O=C(OCC1c2ccccc2-c2ccccc21)N1CCN([C@H]2CCN(C(=O)c3cc(C(F)(F)F)cc(C(F)(F)F)c3)C[C@H]2c2ccc(Cl)cc2)CC1. The standard InChI is InChI=1S/C39H34ClF6N3O3/c40-28-11-9-24(10-12-28)33-22-49(36(50)25-19-26(38(41,42)43)21-27(20-25)39(44,45)46)14-13-35(33)47-15-17-48(18-16-47)37(51)52-23-34-31-7-3-1-5-29(31)30-6-2-4-8-32(30)34/h1-12,19-21,33-35H,13-18,22-23H2/t33-,35-/m0/s1. The van der Waals surface area contributed by atoms with E-state index in [2.05, 4.69) is 29.2 Å². The summed E-state index contributed by atoms with van der Waals surface area (Å²) in [5.41, 5.74) is 1.58. The maximum atomic E-state index is 13.6. The Hall–Kier alpha value is -4.55. The average molecular weight is 742 g/mol. The van der Waals surface area contributed by atoms with Crippen LogP contribution in [0.4, 0.5) is 31.1 Å². The Balaban J connectivity index is 1.03. The number of carbonyl (C=O) groups excluding carboxylic acids is 2. The summed E-state index contributed by atoms with van der Waals surface area (Å²) in [6.45, 7) is 2.20. The summed E-state index contributed by atoms with van der Waals surface area (Å²) in [5.74, 6) is -1.31. The number of fused-ring (bicyclic) bond motifs is 3. The van der Waals surface area contributed by atoms with Crippen molar-refractivity contribution in [2.24, 2.45) is 0 Å². The zero-order chi connectivity index (χ0) is 36.8. The summed E-state index contributed by atoms with van der Waals surface area (Å²) in [6, 6.07) is 24.1. The lowest BCUT2D eigenvalue weighted by atomic mass is 9.84. The Morgan fingerprint density at radius 2 is 1.27 bits per heavy atom. The normalized spacial score (nSPS) is 19.7. The molecule has 0 N–H and O–H groups in total. The molecule has 2 atom stereocenters. The molecular weight excluding hydrogens is 708 g/mol. The molecule has 4 aromatic carbocycles. The minimum absolute atomic E-state index is 0.0156. The number of piperazine rings is 1. The van der Waals surface area contributed by atoms with Crippen molar-refractivity contribution in [2.45, 2.75) is 36.7 Å². The van der Waals surface area contributed by atoms with Crippen molar-refractivity contribution in [3.8, 4) is 11.1 Å². The third-order valence-corrected chi connectivity index (χ3v) is 10.6. The highest BCUT2D eigenvalue weighted by Gasteiger charge is 2.41. The topological polar surface area (TPSA) is 53.1 Å². The lowest BCUT2D eigenvalue weighted by Crippen LogP contribution is -2.57. The molecule has 52 heavy (non-hydrogen) atoms. The van der Waals surface area contributed by atoms with Gasteiger partial charge >= 0.3 is 18.4 Å². The molecular formula is C39H34ClF6N3O3. The van der Waals surface area contributed by atoms with E-state index >= 15 is 0 Å². The van der Waals surface area contributed by atoms with Gasteiger partial charge in [0.2, 0.25) is 0 Å². The van der Waals surface area contributed by atoms with Crippen LogP contribution < -0.4 is 0 Å². The minimum Gasteiger partial charge on any atom is -0.448 e. The highest BCUT2D eigenvalue weighted by atomic mass is 35.5. The van der Waals surface area contributed by atoms with Crippen LogP contribution >= 0.6 is 11.6 Å². The Bertz CT molecular complexity index is 1880. The zero-order valence-corrected chi connectivity index (χ0v) is 28.5. The van der Waals surface area contributed by atoms with Crippen LogP contribution in [0.5, 0.6) is 0 Å². The molecule has 4 aromatic rings. The second-order valence-corrected chi connectivity index (χ2v) is 13.8. The van der Waals surface area contributed by atoms with E-state index in [4.69, 9.17) is 16.3 Å². The van der Waals surface area contributed by atoms with Crippen molar-refractivity contribution in [3.63, 3.8) is 0 Å². The quantitative estimate of drug-likeness (QED) is 0.192. The second-order valence-electron chi connectivity index (χ2n) is 13.4. The van der Waals surface area contributed by atoms with Crippen molar-refractivity contribution in [2.75, 3.05) is 45.9 Å². The summed E-state index contributed by atoms with van der Waals surface area (Å²) in [5, 5.41) is 0.490. The monoisotopic (exact) mass is 741 g/mol. The van der Waals surface area contributed by atoms with E-state index in [1.807, 2.05) is 36.4 Å². The first-order chi connectivity index (χ1) is 24.8. The van der Waals surface area contributed by atoms with Gasteiger partial charge in [-0.15, -0.1) is 0 Å². The number of hydrogen-bond donors (Lipinski definition) is 0.